The molecule has 1 atom stereocenters. The number of hydrogen-bond donors (Lipinski definition) is 1. The Hall–Kier alpha value is -2.20. The Morgan fingerprint density at radius 1 is 1.29 bits per heavy atom. The van der Waals surface area contributed by atoms with Gasteiger partial charge in [0.05, 0.1) is 5.69 Å². The van der Waals surface area contributed by atoms with Crippen LogP contribution in [0.3, 0.4) is 0 Å². The molecule has 2 aromatic heterocycles. The maximum atomic E-state index is 13.8. The summed E-state index contributed by atoms with van der Waals surface area (Å²) in [5, 5.41) is 3.39. The Balaban J connectivity index is 2.21. The van der Waals surface area contributed by atoms with Gasteiger partial charge in [0.1, 0.15) is 11.5 Å². The van der Waals surface area contributed by atoms with E-state index in [1.807, 2.05) is 34.9 Å². The number of hydrogen-bond acceptors (Lipinski definition) is 2. The molecule has 0 fully saturated rings. The lowest BCUT2D eigenvalue weighted by Crippen LogP contribution is -2.18. The highest BCUT2D eigenvalue weighted by Crippen LogP contribution is 2.29. The van der Waals surface area contributed by atoms with Gasteiger partial charge in [0.2, 0.25) is 0 Å². The fraction of sp³-hybridized carbons (Fsp3) is 0.235. The topological polar surface area (TPSA) is 29.3 Å². The van der Waals surface area contributed by atoms with Crippen LogP contribution in [0.5, 0.6) is 0 Å². The third kappa shape index (κ3) is 2.54. The van der Waals surface area contributed by atoms with E-state index in [2.05, 4.69) is 24.1 Å². The molecule has 0 spiro atoms. The van der Waals surface area contributed by atoms with Crippen LogP contribution in [0.4, 0.5) is 4.39 Å². The van der Waals surface area contributed by atoms with Crippen LogP contribution < -0.4 is 5.32 Å². The summed E-state index contributed by atoms with van der Waals surface area (Å²) < 4.78 is 15.7. The molecule has 1 aromatic carbocycles. The molecule has 3 nitrogen and oxygen atoms in total. The van der Waals surface area contributed by atoms with Crippen molar-refractivity contribution >= 4 is 5.65 Å². The normalized spacial score (nSPS) is 12.7. The van der Waals surface area contributed by atoms with Gasteiger partial charge in [-0.1, -0.05) is 19.1 Å². The summed E-state index contributed by atoms with van der Waals surface area (Å²) in [6.45, 7) is 5.03. The second-order valence-electron chi connectivity index (χ2n) is 5.08. The van der Waals surface area contributed by atoms with Crippen molar-refractivity contribution in [1.29, 1.82) is 0 Å². The molecule has 1 N–H and O–H groups in total. The maximum absolute atomic E-state index is 13.8. The highest BCUT2D eigenvalue weighted by atomic mass is 19.1. The summed E-state index contributed by atoms with van der Waals surface area (Å²) in [4.78, 5) is 4.29. The predicted octanol–water partition coefficient (Wildman–Crippen LogP) is 3.81. The molecule has 4 heteroatoms. The molecule has 0 aliphatic carbocycles. The molecule has 21 heavy (non-hydrogen) atoms. The largest absolute Gasteiger partial charge is 0.310 e. The first kappa shape index (κ1) is 13.8. The minimum absolute atomic E-state index is 0.157. The molecule has 0 aliphatic heterocycles. The zero-order valence-electron chi connectivity index (χ0n) is 12.2. The Morgan fingerprint density at radius 2 is 2.14 bits per heavy atom. The van der Waals surface area contributed by atoms with Gasteiger partial charge in [0.25, 0.3) is 0 Å². The highest BCUT2D eigenvalue weighted by molar-refractivity contribution is 5.67. The highest BCUT2D eigenvalue weighted by Gasteiger charge is 2.14. The first-order valence-corrected chi connectivity index (χ1v) is 7.16. The Morgan fingerprint density at radius 3 is 2.95 bits per heavy atom. The summed E-state index contributed by atoms with van der Waals surface area (Å²) in [7, 11) is 0. The quantitative estimate of drug-likeness (QED) is 0.789. The van der Waals surface area contributed by atoms with Gasteiger partial charge >= 0.3 is 0 Å². The fourth-order valence-electron chi connectivity index (χ4n) is 2.71. The molecule has 0 radical (unpaired) electrons. The molecule has 0 saturated carbocycles. The monoisotopic (exact) mass is 283 g/mol. The summed E-state index contributed by atoms with van der Waals surface area (Å²) in [6, 6.07) is 11.0. The van der Waals surface area contributed by atoms with Gasteiger partial charge in [-0.15, -0.1) is 0 Å². The third-order valence-electron chi connectivity index (χ3n) is 3.70. The number of imidazole rings is 1. The van der Waals surface area contributed by atoms with Crippen LogP contribution in [0.1, 0.15) is 25.5 Å². The van der Waals surface area contributed by atoms with Crippen molar-refractivity contribution in [3.63, 3.8) is 0 Å². The van der Waals surface area contributed by atoms with Crippen LogP contribution in [0.2, 0.25) is 0 Å². The molecule has 0 amide bonds. The molecular formula is C17H18FN3. The van der Waals surface area contributed by atoms with E-state index in [9.17, 15) is 4.39 Å². The number of rotatable bonds is 4. The van der Waals surface area contributed by atoms with Gasteiger partial charge in [0.15, 0.2) is 0 Å². The van der Waals surface area contributed by atoms with Gasteiger partial charge < -0.3 is 5.32 Å². The van der Waals surface area contributed by atoms with Crippen LogP contribution >= 0.6 is 0 Å². The maximum Gasteiger partial charge on any atom is 0.137 e. The van der Waals surface area contributed by atoms with E-state index in [1.54, 1.807) is 12.3 Å². The van der Waals surface area contributed by atoms with E-state index in [0.717, 1.165) is 29.0 Å². The summed E-state index contributed by atoms with van der Waals surface area (Å²) in [5.41, 5.74) is 3.79. The van der Waals surface area contributed by atoms with Crippen LogP contribution in [0, 0.1) is 5.82 Å². The molecule has 108 valence electrons. The Kier molecular flexibility index (Phi) is 3.71. The Labute approximate surface area is 123 Å². The zero-order valence-corrected chi connectivity index (χ0v) is 12.2. The smallest absolute Gasteiger partial charge is 0.137 e. The number of fused-ring (bicyclic) bond motifs is 1. The number of nitrogens with one attached hydrogen (secondary N) is 1. The lowest BCUT2D eigenvalue weighted by molar-refractivity contribution is 0.593. The number of benzene rings is 1. The minimum atomic E-state index is -0.227. The summed E-state index contributed by atoms with van der Waals surface area (Å²) >= 11 is 0. The number of pyridine rings is 1. The summed E-state index contributed by atoms with van der Waals surface area (Å²) in [5.74, 6) is -0.227. The third-order valence-corrected chi connectivity index (χ3v) is 3.70. The molecule has 3 aromatic rings. The second kappa shape index (κ2) is 5.66. The molecule has 0 bridgehead atoms. The van der Waals surface area contributed by atoms with Gasteiger partial charge in [-0.2, -0.15) is 0 Å². The average molecular weight is 283 g/mol. The first-order chi connectivity index (χ1) is 10.2. The number of nitrogens with zero attached hydrogens (tertiary/aromatic N) is 2. The SMILES string of the molecule is CCNC(C)c1ccc(F)cc1-c1cccc2nccn12. The van der Waals surface area contributed by atoms with Crippen molar-refractivity contribution in [2.24, 2.45) is 0 Å². The molecule has 0 saturated heterocycles. The van der Waals surface area contributed by atoms with Gasteiger partial charge in [-0.3, -0.25) is 4.40 Å². The van der Waals surface area contributed by atoms with Crippen molar-refractivity contribution < 1.29 is 4.39 Å². The molecule has 0 aliphatic rings. The van der Waals surface area contributed by atoms with E-state index in [0.29, 0.717) is 0 Å². The van der Waals surface area contributed by atoms with Crippen molar-refractivity contribution in [3.8, 4) is 11.3 Å². The van der Waals surface area contributed by atoms with Crippen molar-refractivity contribution in [3.05, 3.63) is 60.2 Å². The molecule has 3 rings (SSSR count). The van der Waals surface area contributed by atoms with Crippen LogP contribution in [-0.4, -0.2) is 15.9 Å². The standard InChI is InChI=1S/C17H18FN3/c1-3-19-12(2)14-8-7-13(18)11-15(14)16-5-4-6-17-20-9-10-21(16)17/h4-12,19H,3H2,1-2H3. The number of halogens is 1. The van der Waals surface area contributed by atoms with Crippen molar-refractivity contribution in [2.45, 2.75) is 19.9 Å². The minimum Gasteiger partial charge on any atom is -0.310 e. The van der Waals surface area contributed by atoms with Crippen LogP contribution in [-0.2, 0) is 0 Å². The first-order valence-electron chi connectivity index (χ1n) is 7.16. The van der Waals surface area contributed by atoms with E-state index >= 15 is 0 Å². The average Bonchev–Trinajstić information content (AvgIpc) is 2.95. The second-order valence-corrected chi connectivity index (χ2v) is 5.08. The zero-order chi connectivity index (χ0) is 14.8. The predicted molar refractivity (Wildman–Crippen MR) is 82.7 cm³/mol. The van der Waals surface area contributed by atoms with Gasteiger partial charge in [-0.05, 0) is 43.3 Å². The van der Waals surface area contributed by atoms with Crippen molar-refractivity contribution in [1.82, 2.24) is 14.7 Å². The number of aromatic nitrogens is 2. The van der Waals surface area contributed by atoms with E-state index in [-0.39, 0.29) is 11.9 Å². The Bertz CT molecular complexity index is 764. The van der Waals surface area contributed by atoms with Crippen LogP contribution in [0.25, 0.3) is 16.9 Å². The van der Waals surface area contributed by atoms with Crippen LogP contribution in [0.15, 0.2) is 48.8 Å². The van der Waals surface area contributed by atoms with E-state index in [4.69, 9.17) is 0 Å². The van der Waals surface area contributed by atoms with Gasteiger partial charge in [-0.25, -0.2) is 9.37 Å². The summed E-state index contributed by atoms with van der Waals surface area (Å²) in [6.07, 6.45) is 3.66. The van der Waals surface area contributed by atoms with Gasteiger partial charge in [0, 0.05) is 24.0 Å². The molecule has 1 unspecified atom stereocenters. The van der Waals surface area contributed by atoms with E-state index < -0.39 is 0 Å². The van der Waals surface area contributed by atoms with Crippen molar-refractivity contribution in [2.75, 3.05) is 6.54 Å². The fourth-order valence-corrected chi connectivity index (χ4v) is 2.71. The lowest BCUT2D eigenvalue weighted by Gasteiger charge is -2.18. The molecular weight excluding hydrogens is 265 g/mol. The van der Waals surface area contributed by atoms with E-state index in [1.165, 1.54) is 6.07 Å². The molecule has 2 heterocycles. The lowest BCUT2D eigenvalue weighted by atomic mass is 9.98.